The summed E-state index contributed by atoms with van der Waals surface area (Å²) < 4.78 is 5.92. The zero-order chi connectivity index (χ0) is 13.8. The van der Waals surface area contributed by atoms with Crippen molar-refractivity contribution in [2.45, 2.75) is 34.0 Å². The van der Waals surface area contributed by atoms with E-state index >= 15 is 0 Å². The molecule has 0 atom stereocenters. The lowest BCUT2D eigenvalue weighted by Crippen LogP contribution is -2.02. The lowest BCUT2D eigenvalue weighted by Gasteiger charge is -2.15. The second-order valence-corrected chi connectivity index (χ2v) is 4.93. The van der Waals surface area contributed by atoms with Crippen LogP contribution in [0.2, 0.25) is 0 Å². The molecule has 2 nitrogen and oxygen atoms in total. The molecular formula is C17H20O2. The predicted octanol–water partition coefficient (Wildman–Crippen LogP) is 3.68. The normalized spacial score (nSPS) is 10.5. The van der Waals surface area contributed by atoms with Gasteiger partial charge >= 0.3 is 0 Å². The highest BCUT2D eigenvalue weighted by atomic mass is 16.5. The summed E-state index contributed by atoms with van der Waals surface area (Å²) in [5, 5.41) is 9.40. The molecule has 0 radical (unpaired) electrons. The average molecular weight is 256 g/mol. The van der Waals surface area contributed by atoms with Gasteiger partial charge in [0.15, 0.2) is 0 Å². The van der Waals surface area contributed by atoms with Crippen molar-refractivity contribution < 1.29 is 9.84 Å². The molecule has 0 amide bonds. The van der Waals surface area contributed by atoms with Gasteiger partial charge in [-0.2, -0.15) is 0 Å². The Bertz CT molecular complexity index is 573. The standard InChI is InChI=1S/C17H20O2/c1-12-5-4-6-15(9-12)11-19-17-14(3)13(2)7-8-16(17)10-18/h4-9,18H,10-11H2,1-3H3. The molecule has 0 fully saturated rings. The molecule has 1 N–H and O–H groups in total. The smallest absolute Gasteiger partial charge is 0.128 e. The summed E-state index contributed by atoms with van der Waals surface area (Å²) in [6.45, 7) is 6.68. The minimum Gasteiger partial charge on any atom is -0.488 e. The molecule has 0 aliphatic heterocycles. The Morgan fingerprint density at radius 3 is 2.53 bits per heavy atom. The van der Waals surface area contributed by atoms with Gasteiger partial charge in [0.2, 0.25) is 0 Å². The van der Waals surface area contributed by atoms with Crippen LogP contribution in [0.3, 0.4) is 0 Å². The third kappa shape index (κ3) is 3.15. The predicted molar refractivity (Wildman–Crippen MR) is 77.3 cm³/mol. The monoisotopic (exact) mass is 256 g/mol. The van der Waals surface area contributed by atoms with Gasteiger partial charge in [-0.3, -0.25) is 0 Å². The largest absolute Gasteiger partial charge is 0.488 e. The van der Waals surface area contributed by atoms with Gasteiger partial charge in [0.25, 0.3) is 0 Å². The second-order valence-electron chi connectivity index (χ2n) is 4.93. The Hall–Kier alpha value is -1.80. The molecule has 2 rings (SSSR count). The summed E-state index contributed by atoms with van der Waals surface area (Å²) in [7, 11) is 0. The van der Waals surface area contributed by atoms with Crippen LogP contribution in [0.1, 0.15) is 27.8 Å². The van der Waals surface area contributed by atoms with Crippen molar-refractivity contribution in [3.63, 3.8) is 0 Å². The maximum absolute atomic E-state index is 9.40. The van der Waals surface area contributed by atoms with E-state index in [4.69, 9.17) is 4.74 Å². The maximum atomic E-state index is 9.40. The highest BCUT2D eigenvalue weighted by molar-refractivity contribution is 5.45. The SMILES string of the molecule is Cc1cccc(COc2c(CO)ccc(C)c2C)c1. The maximum Gasteiger partial charge on any atom is 0.128 e. The van der Waals surface area contributed by atoms with Crippen LogP contribution in [0.25, 0.3) is 0 Å². The van der Waals surface area contributed by atoms with Gasteiger partial charge < -0.3 is 9.84 Å². The molecule has 100 valence electrons. The Morgan fingerprint density at radius 2 is 1.84 bits per heavy atom. The molecule has 2 aromatic carbocycles. The first-order valence-electron chi connectivity index (χ1n) is 6.50. The fourth-order valence-corrected chi connectivity index (χ4v) is 2.13. The summed E-state index contributed by atoms with van der Waals surface area (Å²) in [6, 6.07) is 12.2. The molecule has 2 heteroatoms. The van der Waals surface area contributed by atoms with Crippen molar-refractivity contribution in [1.82, 2.24) is 0 Å². The van der Waals surface area contributed by atoms with E-state index in [-0.39, 0.29) is 6.61 Å². The van der Waals surface area contributed by atoms with Gasteiger partial charge in [0.1, 0.15) is 12.4 Å². The average Bonchev–Trinajstić information content (AvgIpc) is 2.40. The molecule has 0 aromatic heterocycles. The van der Waals surface area contributed by atoms with Crippen molar-refractivity contribution in [2.75, 3.05) is 0 Å². The quantitative estimate of drug-likeness (QED) is 0.904. The molecule has 0 aliphatic carbocycles. The van der Waals surface area contributed by atoms with Gasteiger partial charge in [-0.1, -0.05) is 42.0 Å². The van der Waals surface area contributed by atoms with Gasteiger partial charge in [-0.05, 0) is 37.5 Å². The summed E-state index contributed by atoms with van der Waals surface area (Å²) >= 11 is 0. The van der Waals surface area contributed by atoms with Crippen LogP contribution >= 0.6 is 0 Å². The van der Waals surface area contributed by atoms with Crippen LogP contribution in [0, 0.1) is 20.8 Å². The van der Waals surface area contributed by atoms with E-state index in [0.29, 0.717) is 6.61 Å². The van der Waals surface area contributed by atoms with Crippen LogP contribution in [0.15, 0.2) is 36.4 Å². The molecular weight excluding hydrogens is 236 g/mol. The molecule has 19 heavy (non-hydrogen) atoms. The number of aryl methyl sites for hydroxylation is 2. The molecule has 0 aliphatic rings. The molecule has 0 heterocycles. The van der Waals surface area contributed by atoms with Crippen molar-refractivity contribution in [3.05, 3.63) is 64.2 Å². The first kappa shape index (κ1) is 13.6. The second kappa shape index (κ2) is 5.89. The summed E-state index contributed by atoms with van der Waals surface area (Å²) in [4.78, 5) is 0. The van der Waals surface area contributed by atoms with E-state index in [1.807, 2.05) is 25.1 Å². The summed E-state index contributed by atoms with van der Waals surface area (Å²) in [5.74, 6) is 0.809. The Morgan fingerprint density at radius 1 is 1.05 bits per heavy atom. The van der Waals surface area contributed by atoms with E-state index in [2.05, 4.69) is 32.0 Å². The highest BCUT2D eigenvalue weighted by Crippen LogP contribution is 2.27. The molecule has 0 saturated heterocycles. The molecule has 0 spiro atoms. The van der Waals surface area contributed by atoms with Crippen LogP contribution in [-0.4, -0.2) is 5.11 Å². The van der Waals surface area contributed by atoms with Crippen LogP contribution in [-0.2, 0) is 13.2 Å². The topological polar surface area (TPSA) is 29.5 Å². The van der Waals surface area contributed by atoms with Crippen LogP contribution < -0.4 is 4.74 Å². The van der Waals surface area contributed by atoms with Crippen LogP contribution in [0.4, 0.5) is 0 Å². The van der Waals surface area contributed by atoms with Crippen molar-refractivity contribution in [1.29, 1.82) is 0 Å². The van der Waals surface area contributed by atoms with Gasteiger partial charge in [-0.15, -0.1) is 0 Å². The lowest BCUT2D eigenvalue weighted by molar-refractivity contribution is 0.258. The number of hydrogen-bond donors (Lipinski definition) is 1. The van der Waals surface area contributed by atoms with E-state index < -0.39 is 0 Å². The Labute approximate surface area is 114 Å². The fourth-order valence-electron chi connectivity index (χ4n) is 2.13. The van der Waals surface area contributed by atoms with Gasteiger partial charge in [0, 0.05) is 5.56 Å². The first-order valence-corrected chi connectivity index (χ1v) is 6.50. The Kier molecular flexibility index (Phi) is 4.23. The van der Waals surface area contributed by atoms with Gasteiger partial charge in [-0.25, -0.2) is 0 Å². The highest BCUT2D eigenvalue weighted by Gasteiger charge is 2.09. The number of rotatable bonds is 4. The van der Waals surface area contributed by atoms with E-state index in [1.54, 1.807) is 0 Å². The van der Waals surface area contributed by atoms with Crippen molar-refractivity contribution in [3.8, 4) is 5.75 Å². The van der Waals surface area contributed by atoms with Crippen molar-refractivity contribution in [2.24, 2.45) is 0 Å². The number of aliphatic hydroxyl groups is 1. The van der Waals surface area contributed by atoms with Crippen molar-refractivity contribution >= 4 is 0 Å². The summed E-state index contributed by atoms with van der Waals surface area (Å²) in [5.41, 5.74) is 5.49. The lowest BCUT2D eigenvalue weighted by atomic mass is 10.0. The van der Waals surface area contributed by atoms with E-state index in [9.17, 15) is 5.11 Å². The van der Waals surface area contributed by atoms with E-state index in [1.165, 1.54) is 11.1 Å². The number of hydrogen-bond acceptors (Lipinski definition) is 2. The minimum atomic E-state index is 0.00424. The zero-order valence-electron chi connectivity index (χ0n) is 11.7. The fraction of sp³-hybridized carbons (Fsp3) is 0.294. The number of ether oxygens (including phenoxy) is 1. The summed E-state index contributed by atoms with van der Waals surface area (Å²) in [6.07, 6.45) is 0. The number of aliphatic hydroxyl groups excluding tert-OH is 1. The third-order valence-corrected chi connectivity index (χ3v) is 3.39. The van der Waals surface area contributed by atoms with Crippen LogP contribution in [0.5, 0.6) is 5.75 Å². The third-order valence-electron chi connectivity index (χ3n) is 3.39. The van der Waals surface area contributed by atoms with E-state index in [0.717, 1.165) is 22.4 Å². The zero-order valence-corrected chi connectivity index (χ0v) is 11.7. The molecule has 0 unspecified atom stereocenters. The Balaban J connectivity index is 2.21. The number of benzene rings is 2. The van der Waals surface area contributed by atoms with Gasteiger partial charge in [0.05, 0.1) is 6.61 Å². The molecule has 0 saturated carbocycles. The molecule has 2 aromatic rings. The molecule has 0 bridgehead atoms. The minimum absolute atomic E-state index is 0.00424. The first-order chi connectivity index (χ1) is 9.11.